The number of nitrogens with one attached hydrogen (secondary N) is 1. The summed E-state index contributed by atoms with van der Waals surface area (Å²) in [5.41, 5.74) is 6.46. The van der Waals surface area contributed by atoms with Gasteiger partial charge in [-0.3, -0.25) is 0 Å². The zero-order valence-corrected chi connectivity index (χ0v) is 9.43. The minimum atomic E-state index is -0.593. The highest BCUT2D eigenvalue weighted by molar-refractivity contribution is 5.95. The van der Waals surface area contributed by atoms with E-state index >= 15 is 0 Å². The third kappa shape index (κ3) is 3.79. The van der Waals surface area contributed by atoms with Gasteiger partial charge in [-0.05, 0) is 24.8 Å². The third-order valence-corrected chi connectivity index (χ3v) is 2.49. The quantitative estimate of drug-likeness (QED) is 0.602. The summed E-state index contributed by atoms with van der Waals surface area (Å²) >= 11 is 0. The zero-order valence-electron chi connectivity index (χ0n) is 9.43. The molecule has 17 heavy (non-hydrogen) atoms. The average molecular weight is 233 g/mol. The Hall–Kier alpha value is -2.04. The summed E-state index contributed by atoms with van der Waals surface area (Å²) in [5.74, 6) is 0.672. The van der Waals surface area contributed by atoms with Crippen LogP contribution in [-0.4, -0.2) is 18.9 Å². The predicted molar refractivity (Wildman–Crippen MR) is 65.9 cm³/mol. The van der Waals surface area contributed by atoms with Crippen LogP contribution in [0.4, 0.5) is 10.5 Å². The molecule has 0 unspecified atom stereocenters. The Morgan fingerprint density at radius 2 is 2.29 bits per heavy atom. The van der Waals surface area contributed by atoms with Gasteiger partial charge in [0.05, 0.1) is 11.9 Å². The second kappa shape index (κ2) is 5.34. The van der Waals surface area contributed by atoms with Crippen molar-refractivity contribution in [3.8, 4) is 0 Å². The maximum Gasteiger partial charge on any atom is 0.316 e. The minimum Gasteiger partial charge on any atom is -0.396 e. The molecule has 90 valence electrons. The Morgan fingerprint density at radius 1 is 1.53 bits per heavy atom. The summed E-state index contributed by atoms with van der Waals surface area (Å²) in [6.07, 6.45) is 4.04. The first-order valence-electron chi connectivity index (χ1n) is 5.56. The number of carbonyl (C=O) groups excluding carboxylic acids is 1. The van der Waals surface area contributed by atoms with E-state index in [2.05, 4.69) is 10.5 Å². The van der Waals surface area contributed by atoms with Gasteiger partial charge in [-0.15, -0.1) is 0 Å². The molecule has 1 aromatic rings. The van der Waals surface area contributed by atoms with Crippen LogP contribution in [-0.2, 0) is 4.84 Å². The van der Waals surface area contributed by atoms with Gasteiger partial charge in [0.2, 0.25) is 0 Å². The predicted octanol–water partition coefficient (Wildman–Crippen LogP) is 1.94. The molecule has 2 rings (SSSR count). The number of para-hydroxylation sites is 1. The number of nitrogens with two attached hydrogens (primary N) is 1. The number of nitrogens with zero attached hydrogens (tertiary/aromatic N) is 1. The number of carbonyl (C=O) groups is 1. The molecule has 0 bridgehead atoms. The summed E-state index contributed by atoms with van der Waals surface area (Å²) in [4.78, 5) is 15.9. The molecule has 0 atom stereocenters. The van der Waals surface area contributed by atoms with Gasteiger partial charge in [-0.25, -0.2) is 4.79 Å². The van der Waals surface area contributed by atoms with Gasteiger partial charge in [0.25, 0.3) is 0 Å². The Labute approximate surface area is 99.6 Å². The van der Waals surface area contributed by atoms with Crippen LogP contribution in [0.25, 0.3) is 0 Å². The smallest absolute Gasteiger partial charge is 0.316 e. The number of hydrogen-bond donors (Lipinski definition) is 2. The first-order valence-corrected chi connectivity index (χ1v) is 5.56. The van der Waals surface area contributed by atoms with E-state index in [1.165, 1.54) is 12.8 Å². The van der Waals surface area contributed by atoms with Crippen LogP contribution in [0.2, 0.25) is 0 Å². The molecule has 2 amide bonds. The van der Waals surface area contributed by atoms with E-state index in [0.717, 1.165) is 5.56 Å². The second-order valence-electron chi connectivity index (χ2n) is 4.05. The normalized spacial score (nSPS) is 14.8. The van der Waals surface area contributed by atoms with Gasteiger partial charge < -0.3 is 15.9 Å². The molecule has 1 saturated carbocycles. The number of anilines is 1. The molecule has 0 radical (unpaired) electrons. The van der Waals surface area contributed by atoms with Crippen molar-refractivity contribution in [3.63, 3.8) is 0 Å². The molecule has 1 aliphatic carbocycles. The standard InChI is InChI=1S/C12H15N3O2/c13-12(16)15-11-4-2-1-3-10(11)7-14-17-8-9-5-6-9/h1-4,7,9H,5-6,8H2,(H3,13,15,16). The SMILES string of the molecule is NC(=O)Nc1ccccc1C=NOCC1CC1. The van der Waals surface area contributed by atoms with E-state index in [1.807, 2.05) is 18.2 Å². The zero-order chi connectivity index (χ0) is 12.1. The highest BCUT2D eigenvalue weighted by Gasteiger charge is 2.21. The first kappa shape index (κ1) is 11.4. The maximum absolute atomic E-state index is 10.8. The molecule has 1 fully saturated rings. The summed E-state index contributed by atoms with van der Waals surface area (Å²) < 4.78 is 0. The van der Waals surface area contributed by atoms with Crippen molar-refractivity contribution in [1.29, 1.82) is 0 Å². The van der Waals surface area contributed by atoms with E-state index in [-0.39, 0.29) is 0 Å². The topological polar surface area (TPSA) is 76.7 Å². The van der Waals surface area contributed by atoms with Crippen LogP contribution in [0.3, 0.4) is 0 Å². The van der Waals surface area contributed by atoms with E-state index in [4.69, 9.17) is 10.6 Å². The van der Waals surface area contributed by atoms with E-state index < -0.39 is 6.03 Å². The van der Waals surface area contributed by atoms with Crippen molar-refractivity contribution in [2.24, 2.45) is 16.8 Å². The molecule has 0 aliphatic heterocycles. The molecular weight excluding hydrogens is 218 g/mol. The summed E-state index contributed by atoms with van der Waals surface area (Å²) in [6.45, 7) is 0.669. The Bertz CT molecular complexity index is 428. The van der Waals surface area contributed by atoms with Gasteiger partial charge in [-0.1, -0.05) is 23.4 Å². The number of urea groups is 1. The van der Waals surface area contributed by atoms with Crippen molar-refractivity contribution in [3.05, 3.63) is 29.8 Å². The Morgan fingerprint density at radius 3 is 3.00 bits per heavy atom. The van der Waals surface area contributed by atoms with Crippen LogP contribution in [0, 0.1) is 5.92 Å². The molecule has 0 saturated heterocycles. The maximum atomic E-state index is 10.8. The number of primary amides is 1. The molecule has 1 aromatic carbocycles. The van der Waals surface area contributed by atoms with Crippen molar-refractivity contribution < 1.29 is 9.63 Å². The van der Waals surface area contributed by atoms with Crippen molar-refractivity contribution in [1.82, 2.24) is 0 Å². The summed E-state index contributed by atoms with van der Waals surface area (Å²) in [5, 5.41) is 6.40. The summed E-state index contributed by atoms with van der Waals surface area (Å²) in [6, 6.07) is 6.66. The third-order valence-electron chi connectivity index (χ3n) is 2.49. The highest BCUT2D eigenvalue weighted by atomic mass is 16.6. The lowest BCUT2D eigenvalue weighted by Crippen LogP contribution is -2.20. The lowest BCUT2D eigenvalue weighted by Gasteiger charge is -2.04. The van der Waals surface area contributed by atoms with Gasteiger partial charge in [0, 0.05) is 5.56 Å². The molecule has 3 N–H and O–H groups in total. The number of amides is 2. The molecule has 0 heterocycles. The molecule has 5 nitrogen and oxygen atoms in total. The Kier molecular flexibility index (Phi) is 3.59. The van der Waals surface area contributed by atoms with Crippen LogP contribution < -0.4 is 11.1 Å². The van der Waals surface area contributed by atoms with E-state index in [0.29, 0.717) is 18.2 Å². The molecule has 1 aliphatic rings. The average Bonchev–Trinajstić information content (AvgIpc) is 3.09. The van der Waals surface area contributed by atoms with Gasteiger partial charge in [0.15, 0.2) is 0 Å². The second-order valence-corrected chi connectivity index (χ2v) is 4.05. The number of hydrogen-bond acceptors (Lipinski definition) is 3. The minimum absolute atomic E-state index is 0.593. The highest BCUT2D eigenvalue weighted by Crippen LogP contribution is 2.28. The fourth-order valence-corrected chi connectivity index (χ4v) is 1.38. The fourth-order valence-electron chi connectivity index (χ4n) is 1.38. The van der Waals surface area contributed by atoms with Crippen molar-refractivity contribution >= 4 is 17.9 Å². The fraction of sp³-hybridized carbons (Fsp3) is 0.333. The molecule has 0 spiro atoms. The summed E-state index contributed by atoms with van der Waals surface area (Å²) in [7, 11) is 0. The monoisotopic (exact) mass is 233 g/mol. The van der Waals surface area contributed by atoms with Crippen LogP contribution >= 0.6 is 0 Å². The molecular formula is C12H15N3O2. The first-order chi connectivity index (χ1) is 8.25. The number of benzene rings is 1. The number of oxime groups is 1. The lowest BCUT2D eigenvalue weighted by atomic mass is 10.2. The largest absolute Gasteiger partial charge is 0.396 e. The van der Waals surface area contributed by atoms with E-state index in [1.54, 1.807) is 12.3 Å². The van der Waals surface area contributed by atoms with Crippen LogP contribution in [0.15, 0.2) is 29.4 Å². The Balaban J connectivity index is 1.95. The molecule has 5 heteroatoms. The van der Waals surface area contributed by atoms with Gasteiger partial charge in [0.1, 0.15) is 6.61 Å². The lowest BCUT2D eigenvalue weighted by molar-refractivity contribution is 0.135. The van der Waals surface area contributed by atoms with Crippen molar-refractivity contribution in [2.45, 2.75) is 12.8 Å². The van der Waals surface area contributed by atoms with Crippen LogP contribution in [0.1, 0.15) is 18.4 Å². The van der Waals surface area contributed by atoms with Gasteiger partial charge in [-0.2, -0.15) is 0 Å². The number of rotatable bonds is 5. The van der Waals surface area contributed by atoms with Crippen molar-refractivity contribution in [2.75, 3.05) is 11.9 Å². The molecule has 0 aromatic heterocycles. The van der Waals surface area contributed by atoms with Gasteiger partial charge >= 0.3 is 6.03 Å². The van der Waals surface area contributed by atoms with Crippen LogP contribution in [0.5, 0.6) is 0 Å². The van der Waals surface area contributed by atoms with E-state index in [9.17, 15) is 4.79 Å².